The molecule has 25 heavy (non-hydrogen) atoms. The zero-order valence-electron chi connectivity index (χ0n) is 14.6. The summed E-state index contributed by atoms with van der Waals surface area (Å²) in [7, 11) is 1.62. The van der Waals surface area contributed by atoms with E-state index in [9.17, 15) is 4.79 Å². The third kappa shape index (κ3) is 3.79. The van der Waals surface area contributed by atoms with Gasteiger partial charge in [0, 0.05) is 6.20 Å². The number of benzene rings is 1. The average molecular weight is 338 g/mol. The number of ether oxygens (including phenoxy) is 1. The molecule has 0 aliphatic heterocycles. The van der Waals surface area contributed by atoms with Crippen molar-refractivity contribution in [2.75, 3.05) is 7.11 Å². The van der Waals surface area contributed by atoms with Gasteiger partial charge >= 0.3 is 0 Å². The van der Waals surface area contributed by atoms with E-state index in [1.165, 1.54) is 0 Å². The molecule has 2 aromatic heterocycles. The number of carbonyl (C=O) groups excluding carboxylic acids is 1. The average Bonchev–Trinajstić information content (AvgIpc) is 3.04. The lowest BCUT2D eigenvalue weighted by Crippen LogP contribution is -2.34. The van der Waals surface area contributed by atoms with E-state index >= 15 is 0 Å². The highest BCUT2D eigenvalue weighted by Gasteiger charge is 2.23. The standard InChI is InChI=1S/C19H22N4O2/c1-13(2)18(19-22-21-16-6-4-5-11-23(16)19)20-17(24)12-14-7-9-15(25-3)10-8-14/h4-11,13,18H,12H2,1-3H3,(H,20,24). The van der Waals surface area contributed by atoms with Crippen LogP contribution >= 0.6 is 0 Å². The van der Waals surface area contributed by atoms with Crippen molar-refractivity contribution in [3.63, 3.8) is 0 Å². The number of hydrogen-bond donors (Lipinski definition) is 1. The highest BCUT2D eigenvalue weighted by Crippen LogP contribution is 2.21. The van der Waals surface area contributed by atoms with Gasteiger partial charge in [-0.2, -0.15) is 0 Å². The van der Waals surface area contributed by atoms with Gasteiger partial charge < -0.3 is 10.1 Å². The summed E-state index contributed by atoms with van der Waals surface area (Å²) in [5.41, 5.74) is 1.71. The van der Waals surface area contributed by atoms with Crippen molar-refractivity contribution in [3.05, 3.63) is 60.0 Å². The number of carbonyl (C=O) groups is 1. The van der Waals surface area contributed by atoms with Crippen LogP contribution in [0.2, 0.25) is 0 Å². The van der Waals surface area contributed by atoms with Gasteiger partial charge in [0.2, 0.25) is 5.91 Å². The van der Waals surface area contributed by atoms with Gasteiger partial charge in [-0.3, -0.25) is 9.20 Å². The second-order valence-corrected chi connectivity index (χ2v) is 6.30. The molecule has 0 saturated heterocycles. The first-order valence-corrected chi connectivity index (χ1v) is 8.30. The Morgan fingerprint density at radius 3 is 2.60 bits per heavy atom. The number of pyridine rings is 1. The minimum absolute atomic E-state index is 0.0449. The van der Waals surface area contributed by atoms with E-state index < -0.39 is 0 Å². The summed E-state index contributed by atoms with van der Waals surface area (Å²) in [5.74, 6) is 1.66. The molecule has 6 heteroatoms. The van der Waals surface area contributed by atoms with Crippen LogP contribution in [0.3, 0.4) is 0 Å². The maximum absolute atomic E-state index is 12.5. The summed E-state index contributed by atoms with van der Waals surface area (Å²) >= 11 is 0. The van der Waals surface area contributed by atoms with Crippen LogP contribution in [0, 0.1) is 5.92 Å². The van der Waals surface area contributed by atoms with E-state index in [4.69, 9.17) is 4.74 Å². The summed E-state index contributed by atoms with van der Waals surface area (Å²) < 4.78 is 7.06. The van der Waals surface area contributed by atoms with E-state index in [-0.39, 0.29) is 17.9 Å². The van der Waals surface area contributed by atoms with E-state index in [2.05, 4.69) is 29.4 Å². The molecule has 0 aliphatic rings. The predicted octanol–water partition coefficient (Wildman–Crippen LogP) is 2.79. The summed E-state index contributed by atoms with van der Waals surface area (Å²) in [5, 5.41) is 11.6. The van der Waals surface area contributed by atoms with Crippen molar-refractivity contribution in [3.8, 4) is 5.75 Å². The van der Waals surface area contributed by atoms with Gasteiger partial charge in [0.1, 0.15) is 5.75 Å². The second kappa shape index (κ2) is 7.34. The third-order valence-corrected chi connectivity index (χ3v) is 4.13. The highest BCUT2D eigenvalue weighted by atomic mass is 16.5. The number of methoxy groups -OCH3 is 1. The summed E-state index contributed by atoms with van der Waals surface area (Å²) in [6.07, 6.45) is 2.22. The maximum Gasteiger partial charge on any atom is 0.225 e. The van der Waals surface area contributed by atoms with Crippen LogP contribution < -0.4 is 10.1 Å². The Bertz CT molecular complexity index is 855. The van der Waals surface area contributed by atoms with Crippen LogP contribution in [-0.2, 0) is 11.2 Å². The molecule has 1 amide bonds. The number of rotatable bonds is 6. The van der Waals surface area contributed by atoms with Crippen molar-refractivity contribution in [2.24, 2.45) is 5.92 Å². The van der Waals surface area contributed by atoms with Crippen molar-refractivity contribution in [2.45, 2.75) is 26.3 Å². The quantitative estimate of drug-likeness (QED) is 0.750. The monoisotopic (exact) mass is 338 g/mol. The van der Waals surface area contributed by atoms with Gasteiger partial charge in [-0.1, -0.05) is 32.0 Å². The van der Waals surface area contributed by atoms with Crippen molar-refractivity contribution in [1.29, 1.82) is 0 Å². The molecule has 1 N–H and O–H groups in total. The van der Waals surface area contributed by atoms with Crippen LogP contribution in [0.25, 0.3) is 5.65 Å². The first kappa shape index (κ1) is 17.0. The number of amides is 1. The van der Waals surface area contributed by atoms with Crippen LogP contribution in [0.15, 0.2) is 48.7 Å². The first-order chi connectivity index (χ1) is 12.1. The zero-order chi connectivity index (χ0) is 17.8. The van der Waals surface area contributed by atoms with Crippen LogP contribution in [0.4, 0.5) is 0 Å². The van der Waals surface area contributed by atoms with E-state index in [0.717, 1.165) is 22.8 Å². The summed E-state index contributed by atoms with van der Waals surface area (Å²) in [6, 6.07) is 13.0. The van der Waals surface area contributed by atoms with Crippen molar-refractivity contribution >= 4 is 11.6 Å². The second-order valence-electron chi connectivity index (χ2n) is 6.30. The number of fused-ring (bicyclic) bond motifs is 1. The Morgan fingerprint density at radius 2 is 1.92 bits per heavy atom. The summed E-state index contributed by atoms with van der Waals surface area (Å²) in [6.45, 7) is 4.12. The SMILES string of the molecule is COc1ccc(CC(=O)NC(c2nnc3ccccn23)C(C)C)cc1. The number of hydrogen-bond acceptors (Lipinski definition) is 4. The van der Waals surface area contributed by atoms with Crippen molar-refractivity contribution < 1.29 is 9.53 Å². The first-order valence-electron chi connectivity index (χ1n) is 8.30. The topological polar surface area (TPSA) is 68.5 Å². The molecule has 1 unspecified atom stereocenters. The Balaban J connectivity index is 1.76. The lowest BCUT2D eigenvalue weighted by atomic mass is 10.0. The normalized spacial score (nSPS) is 12.3. The smallest absolute Gasteiger partial charge is 0.225 e. The largest absolute Gasteiger partial charge is 0.497 e. The number of aromatic nitrogens is 3. The minimum atomic E-state index is -0.205. The molecule has 1 atom stereocenters. The fraction of sp³-hybridized carbons (Fsp3) is 0.316. The predicted molar refractivity (Wildman–Crippen MR) is 95.4 cm³/mol. The molecule has 0 bridgehead atoms. The molecule has 0 saturated carbocycles. The van der Waals surface area contributed by atoms with Gasteiger partial charge in [-0.15, -0.1) is 10.2 Å². The Labute approximate surface area is 146 Å². The fourth-order valence-electron chi connectivity index (χ4n) is 2.75. The third-order valence-electron chi connectivity index (χ3n) is 4.13. The molecular formula is C19H22N4O2. The van der Waals surface area contributed by atoms with Crippen molar-refractivity contribution in [1.82, 2.24) is 19.9 Å². The Hall–Kier alpha value is -2.89. The van der Waals surface area contributed by atoms with Gasteiger partial charge in [0.05, 0.1) is 19.6 Å². The highest BCUT2D eigenvalue weighted by molar-refractivity contribution is 5.79. The molecule has 0 spiro atoms. The van der Waals surface area contributed by atoms with Gasteiger partial charge in [-0.25, -0.2) is 0 Å². The van der Waals surface area contributed by atoms with Gasteiger partial charge in [0.15, 0.2) is 11.5 Å². The van der Waals surface area contributed by atoms with Gasteiger partial charge in [0.25, 0.3) is 0 Å². The van der Waals surface area contributed by atoms with Crippen LogP contribution in [0.5, 0.6) is 5.75 Å². The molecule has 0 fully saturated rings. The number of nitrogens with one attached hydrogen (secondary N) is 1. The van der Waals surface area contributed by atoms with E-state index in [0.29, 0.717) is 6.42 Å². The minimum Gasteiger partial charge on any atom is -0.497 e. The zero-order valence-corrected chi connectivity index (χ0v) is 14.6. The molecule has 0 aliphatic carbocycles. The lowest BCUT2D eigenvalue weighted by molar-refractivity contribution is -0.121. The van der Waals surface area contributed by atoms with E-state index in [1.807, 2.05) is 53.1 Å². The lowest BCUT2D eigenvalue weighted by Gasteiger charge is -2.21. The number of nitrogens with zero attached hydrogens (tertiary/aromatic N) is 3. The molecule has 130 valence electrons. The molecular weight excluding hydrogens is 316 g/mol. The molecule has 1 aromatic carbocycles. The molecule has 0 radical (unpaired) electrons. The maximum atomic E-state index is 12.5. The molecule has 3 aromatic rings. The van der Waals surface area contributed by atoms with Gasteiger partial charge in [-0.05, 0) is 35.7 Å². The Morgan fingerprint density at radius 1 is 1.16 bits per heavy atom. The molecule has 6 nitrogen and oxygen atoms in total. The summed E-state index contributed by atoms with van der Waals surface area (Å²) in [4.78, 5) is 12.5. The van der Waals surface area contributed by atoms with Crippen LogP contribution in [0.1, 0.15) is 31.3 Å². The Kier molecular flexibility index (Phi) is 4.97. The fourth-order valence-corrected chi connectivity index (χ4v) is 2.75. The van der Waals surface area contributed by atoms with E-state index in [1.54, 1.807) is 7.11 Å². The molecule has 2 heterocycles. The molecule has 3 rings (SSSR count). The van der Waals surface area contributed by atoms with Crippen LogP contribution in [-0.4, -0.2) is 27.6 Å².